The van der Waals surface area contributed by atoms with Crippen LogP contribution in [0, 0.1) is 11.3 Å². The Bertz CT molecular complexity index is 822. The molecular formula is C12H10N10. The maximum Gasteiger partial charge on any atom is 0.216 e. The molecule has 2 N–H and O–H groups in total. The first-order valence-corrected chi connectivity index (χ1v) is 6.21. The number of aryl methyl sites for hydroxylation is 1. The highest BCUT2D eigenvalue weighted by Gasteiger charge is 2.06. The van der Waals surface area contributed by atoms with E-state index in [1.165, 1.54) is 11.0 Å². The van der Waals surface area contributed by atoms with Crippen molar-refractivity contribution in [2.45, 2.75) is 0 Å². The Labute approximate surface area is 124 Å². The van der Waals surface area contributed by atoms with Crippen LogP contribution in [0.2, 0.25) is 0 Å². The molecule has 3 aromatic rings. The first-order valence-electron chi connectivity index (χ1n) is 6.21. The van der Waals surface area contributed by atoms with Crippen LogP contribution in [0.15, 0.2) is 30.5 Å². The summed E-state index contributed by atoms with van der Waals surface area (Å²) in [4.78, 5) is 1.40. The minimum Gasteiger partial charge on any atom is -0.360 e. The van der Waals surface area contributed by atoms with Gasteiger partial charge in [-0.05, 0) is 34.7 Å². The highest BCUT2D eigenvalue weighted by Crippen LogP contribution is 2.17. The third-order valence-electron chi connectivity index (χ3n) is 2.74. The first-order chi connectivity index (χ1) is 10.8. The molecule has 3 rings (SSSR count). The Balaban J connectivity index is 1.75. The highest BCUT2D eigenvalue weighted by atomic mass is 15.6. The third kappa shape index (κ3) is 2.78. The van der Waals surface area contributed by atoms with Gasteiger partial charge in [0.25, 0.3) is 0 Å². The van der Waals surface area contributed by atoms with Crippen molar-refractivity contribution < 1.29 is 0 Å². The van der Waals surface area contributed by atoms with Crippen molar-refractivity contribution in [3.05, 3.63) is 36.3 Å². The zero-order chi connectivity index (χ0) is 15.4. The number of benzene rings is 1. The lowest BCUT2D eigenvalue weighted by Gasteiger charge is -2.02. The monoisotopic (exact) mass is 294 g/mol. The normalized spacial score (nSPS) is 11.2. The highest BCUT2D eigenvalue weighted by molar-refractivity contribution is 5.74. The summed E-state index contributed by atoms with van der Waals surface area (Å²) >= 11 is 0. The van der Waals surface area contributed by atoms with Gasteiger partial charge in [0, 0.05) is 17.5 Å². The van der Waals surface area contributed by atoms with E-state index in [0.717, 1.165) is 11.3 Å². The van der Waals surface area contributed by atoms with Crippen molar-refractivity contribution in [3.8, 4) is 17.5 Å². The number of aromatic amines is 1. The molecule has 0 aliphatic carbocycles. The Morgan fingerprint density at radius 3 is 2.73 bits per heavy atom. The summed E-state index contributed by atoms with van der Waals surface area (Å²) in [5.41, 5.74) is 1.92. The van der Waals surface area contributed by atoms with Crippen molar-refractivity contribution in [2.24, 2.45) is 7.05 Å². The Hall–Kier alpha value is -3.61. The van der Waals surface area contributed by atoms with Crippen LogP contribution in [-0.2, 0) is 7.05 Å². The van der Waals surface area contributed by atoms with Crippen molar-refractivity contribution in [1.29, 1.82) is 5.26 Å². The number of hydrogen-bond acceptors (Lipinski definition) is 8. The molecule has 0 unspecified atom stereocenters. The van der Waals surface area contributed by atoms with Gasteiger partial charge in [0.2, 0.25) is 11.6 Å². The topological polar surface area (TPSA) is 134 Å². The molecule has 0 amide bonds. The van der Waals surface area contributed by atoms with Crippen LogP contribution in [-0.4, -0.2) is 40.8 Å². The number of anilines is 1. The van der Waals surface area contributed by atoms with E-state index in [0.29, 0.717) is 5.82 Å². The SMILES string of the molecule is Cn1nnc(-c2ccc(NC=C(C#N)c3nn[nH]n3)cc2)n1. The number of H-pyrrole nitrogens is 1. The standard InChI is InChI=1S/C12H10N10/c1-22-18-12(17-21-22)8-2-4-10(5-3-8)14-7-9(6-13)11-15-19-20-16-11/h2-5,7,14H,1H3,(H,15,16,19,20). The average molecular weight is 294 g/mol. The largest absolute Gasteiger partial charge is 0.360 e. The molecule has 22 heavy (non-hydrogen) atoms. The summed E-state index contributed by atoms with van der Waals surface area (Å²) in [6.45, 7) is 0. The van der Waals surface area contributed by atoms with E-state index in [4.69, 9.17) is 5.26 Å². The van der Waals surface area contributed by atoms with Crippen molar-refractivity contribution >= 4 is 11.3 Å². The number of allylic oxidation sites excluding steroid dienone is 1. The molecule has 0 saturated carbocycles. The molecule has 0 atom stereocenters. The summed E-state index contributed by atoms with van der Waals surface area (Å²) in [7, 11) is 1.71. The van der Waals surface area contributed by atoms with E-state index in [2.05, 4.69) is 41.4 Å². The number of aromatic nitrogens is 8. The van der Waals surface area contributed by atoms with Gasteiger partial charge in [-0.1, -0.05) is 0 Å². The molecule has 0 bridgehead atoms. The lowest BCUT2D eigenvalue weighted by atomic mass is 10.2. The van der Waals surface area contributed by atoms with Crippen LogP contribution in [0.4, 0.5) is 5.69 Å². The zero-order valence-electron chi connectivity index (χ0n) is 11.5. The average Bonchev–Trinajstić information content (AvgIpc) is 3.20. The van der Waals surface area contributed by atoms with Gasteiger partial charge in [-0.15, -0.1) is 20.4 Å². The van der Waals surface area contributed by atoms with Crippen LogP contribution >= 0.6 is 0 Å². The van der Waals surface area contributed by atoms with Gasteiger partial charge in [-0.2, -0.15) is 15.3 Å². The van der Waals surface area contributed by atoms with Gasteiger partial charge in [0.1, 0.15) is 11.6 Å². The van der Waals surface area contributed by atoms with Gasteiger partial charge in [0.05, 0.1) is 7.05 Å². The molecule has 1 aromatic carbocycles. The summed E-state index contributed by atoms with van der Waals surface area (Å²) < 4.78 is 0. The van der Waals surface area contributed by atoms with Gasteiger partial charge in [0.15, 0.2) is 0 Å². The molecule has 10 heteroatoms. The van der Waals surface area contributed by atoms with Crippen molar-refractivity contribution in [3.63, 3.8) is 0 Å². The number of nitrogens with one attached hydrogen (secondary N) is 2. The van der Waals surface area contributed by atoms with Crippen molar-refractivity contribution in [1.82, 2.24) is 40.8 Å². The van der Waals surface area contributed by atoms with Gasteiger partial charge < -0.3 is 5.32 Å². The van der Waals surface area contributed by atoms with Crippen LogP contribution in [0.5, 0.6) is 0 Å². The van der Waals surface area contributed by atoms with E-state index >= 15 is 0 Å². The Morgan fingerprint density at radius 2 is 2.14 bits per heavy atom. The molecule has 0 radical (unpaired) electrons. The fourth-order valence-electron chi connectivity index (χ4n) is 1.69. The van der Waals surface area contributed by atoms with Crippen LogP contribution in [0.3, 0.4) is 0 Å². The second-order valence-corrected chi connectivity index (χ2v) is 4.23. The second-order valence-electron chi connectivity index (χ2n) is 4.23. The van der Waals surface area contributed by atoms with E-state index in [1.807, 2.05) is 30.3 Å². The minimum absolute atomic E-state index is 0.232. The first kappa shape index (κ1) is 13.4. The number of rotatable bonds is 4. The summed E-state index contributed by atoms with van der Waals surface area (Å²) in [5, 5.41) is 37.1. The van der Waals surface area contributed by atoms with E-state index in [9.17, 15) is 0 Å². The molecule has 0 saturated heterocycles. The Kier molecular flexibility index (Phi) is 3.52. The van der Waals surface area contributed by atoms with Crippen molar-refractivity contribution in [2.75, 3.05) is 5.32 Å². The van der Waals surface area contributed by atoms with E-state index in [1.54, 1.807) is 7.05 Å². The minimum atomic E-state index is 0.232. The summed E-state index contributed by atoms with van der Waals surface area (Å²) in [6, 6.07) is 9.39. The molecule has 10 nitrogen and oxygen atoms in total. The maximum atomic E-state index is 9.07. The molecule has 0 fully saturated rings. The molecule has 2 aromatic heterocycles. The molecule has 2 heterocycles. The van der Waals surface area contributed by atoms with E-state index < -0.39 is 0 Å². The predicted octanol–water partition coefficient (Wildman–Crippen LogP) is 0.367. The van der Waals surface area contributed by atoms with Gasteiger partial charge in [-0.25, -0.2) is 0 Å². The Morgan fingerprint density at radius 1 is 1.32 bits per heavy atom. The van der Waals surface area contributed by atoms with Crippen LogP contribution < -0.4 is 5.32 Å². The maximum absolute atomic E-state index is 9.07. The molecule has 108 valence electrons. The second kappa shape index (κ2) is 5.80. The summed E-state index contributed by atoms with van der Waals surface area (Å²) in [6.07, 6.45) is 1.51. The fourth-order valence-corrected chi connectivity index (χ4v) is 1.69. The smallest absolute Gasteiger partial charge is 0.216 e. The number of nitrogens with zero attached hydrogens (tertiary/aromatic N) is 8. The van der Waals surface area contributed by atoms with Crippen LogP contribution in [0.1, 0.15) is 5.82 Å². The quantitative estimate of drug-likeness (QED) is 0.659. The van der Waals surface area contributed by atoms with Gasteiger partial charge >= 0.3 is 0 Å². The molecule has 0 aliphatic heterocycles. The molecule has 0 aliphatic rings. The number of hydrogen-bond donors (Lipinski definition) is 2. The zero-order valence-corrected chi connectivity index (χ0v) is 11.5. The number of nitriles is 1. The lowest BCUT2D eigenvalue weighted by Crippen LogP contribution is -1.93. The van der Waals surface area contributed by atoms with Gasteiger partial charge in [-0.3, -0.25) is 0 Å². The number of tetrazole rings is 2. The molecular weight excluding hydrogens is 284 g/mol. The van der Waals surface area contributed by atoms with E-state index in [-0.39, 0.29) is 11.4 Å². The lowest BCUT2D eigenvalue weighted by molar-refractivity contribution is 0.630. The predicted molar refractivity (Wildman–Crippen MR) is 75.6 cm³/mol. The van der Waals surface area contributed by atoms with Crippen LogP contribution in [0.25, 0.3) is 17.0 Å². The third-order valence-corrected chi connectivity index (χ3v) is 2.74. The summed E-state index contributed by atoms with van der Waals surface area (Å²) in [5.74, 6) is 0.782. The molecule has 0 spiro atoms. The fraction of sp³-hybridized carbons (Fsp3) is 0.0833.